The quantitative estimate of drug-likeness (QED) is 0.218. The predicted octanol–water partition coefficient (Wildman–Crippen LogP) is 4.51. The van der Waals surface area contributed by atoms with Gasteiger partial charge in [-0.2, -0.15) is 10.1 Å². The van der Waals surface area contributed by atoms with Crippen LogP contribution < -0.4 is 21.1 Å². The van der Waals surface area contributed by atoms with Crippen molar-refractivity contribution < 1.29 is 14.3 Å². The topological polar surface area (TPSA) is 149 Å². The van der Waals surface area contributed by atoms with E-state index in [2.05, 4.69) is 30.7 Å². The Morgan fingerprint density at radius 2 is 1.89 bits per heavy atom. The van der Waals surface area contributed by atoms with Crippen molar-refractivity contribution in [3.8, 4) is 17.2 Å². The maximum absolute atomic E-state index is 10.2. The molecule has 0 aliphatic rings. The smallest absolute Gasteiger partial charge is 0.231 e. The lowest BCUT2D eigenvalue weighted by Crippen LogP contribution is -2.16. The largest absolute Gasteiger partial charge is 0.494 e. The van der Waals surface area contributed by atoms with Crippen molar-refractivity contribution in [2.45, 2.75) is 33.0 Å². The number of aromatic nitrogens is 5. The van der Waals surface area contributed by atoms with Crippen molar-refractivity contribution in [1.82, 2.24) is 24.7 Å². The molecule has 0 saturated carbocycles. The molecule has 3 aromatic heterocycles. The molecule has 0 aliphatic heterocycles. The Balaban J connectivity index is 1.50. The lowest BCUT2D eigenvalue weighted by molar-refractivity contribution is 0.186. The number of nitrogens with zero attached hydrogens (tertiary/aromatic N) is 5. The number of aliphatic hydroxyl groups excluding tert-OH is 1. The molecule has 2 atom stereocenters. The second-order valence-corrected chi connectivity index (χ2v) is 9.01. The van der Waals surface area contributed by atoms with Crippen molar-refractivity contribution >= 4 is 28.6 Å². The molecule has 3 heterocycles. The van der Waals surface area contributed by atoms with Gasteiger partial charge < -0.3 is 30.6 Å². The number of hydrogen-bond donors (Lipinski definition) is 4. The van der Waals surface area contributed by atoms with Gasteiger partial charge in [0.05, 0.1) is 35.7 Å². The van der Waals surface area contributed by atoms with Crippen LogP contribution in [0.2, 0.25) is 0 Å². The maximum Gasteiger partial charge on any atom is 0.231 e. The summed E-state index contributed by atoms with van der Waals surface area (Å²) in [6.45, 7) is 6.01. The summed E-state index contributed by atoms with van der Waals surface area (Å²) in [6.07, 6.45) is 0.202. The lowest BCUT2D eigenvalue weighted by Gasteiger charge is -2.19. The molecule has 196 valence electrons. The molecule has 0 aliphatic carbocycles. The molecule has 5 aromatic rings. The number of ether oxygens (including phenoxy) is 1. The summed E-state index contributed by atoms with van der Waals surface area (Å²) >= 11 is 0. The average molecular weight is 515 g/mol. The Labute approximate surface area is 219 Å². The molecule has 0 radical (unpaired) electrons. The van der Waals surface area contributed by atoms with E-state index in [1.807, 2.05) is 75.0 Å². The van der Waals surface area contributed by atoms with Crippen molar-refractivity contribution in [3.05, 3.63) is 71.2 Å². The van der Waals surface area contributed by atoms with Gasteiger partial charge in [-0.3, -0.25) is 4.68 Å². The van der Waals surface area contributed by atoms with Crippen molar-refractivity contribution in [1.29, 1.82) is 0 Å². The summed E-state index contributed by atoms with van der Waals surface area (Å²) in [4.78, 5) is 13.6. The fourth-order valence-corrected chi connectivity index (χ4v) is 4.60. The van der Waals surface area contributed by atoms with Crippen LogP contribution in [0.1, 0.15) is 41.7 Å². The molecule has 2 aromatic carbocycles. The van der Waals surface area contributed by atoms with Crippen LogP contribution in [0.15, 0.2) is 53.1 Å². The molecule has 5 rings (SSSR count). The monoisotopic (exact) mass is 514 g/mol. The number of methoxy groups -OCH3 is 1. The molecule has 11 nitrogen and oxygen atoms in total. The first-order chi connectivity index (χ1) is 18.3. The third kappa shape index (κ3) is 4.64. The van der Waals surface area contributed by atoms with Crippen molar-refractivity contribution in [2.24, 2.45) is 12.8 Å². The highest BCUT2D eigenvalue weighted by atomic mass is 16.5. The molecule has 0 saturated heterocycles. The number of fused-ring (bicyclic) bond motifs is 1. The van der Waals surface area contributed by atoms with Crippen LogP contribution in [-0.2, 0) is 7.05 Å². The van der Waals surface area contributed by atoms with E-state index in [9.17, 15) is 5.11 Å². The summed E-state index contributed by atoms with van der Waals surface area (Å²) in [5, 5.41) is 21.3. The van der Waals surface area contributed by atoms with Crippen molar-refractivity contribution in [2.75, 3.05) is 17.7 Å². The van der Waals surface area contributed by atoms with Gasteiger partial charge in [-0.1, -0.05) is 18.2 Å². The van der Waals surface area contributed by atoms with E-state index in [0.29, 0.717) is 45.8 Å². The van der Waals surface area contributed by atoms with E-state index >= 15 is 0 Å². The van der Waals surface area contributed by atoms with Gasteiger partial charge in [0.2, 0.25) is 11.8 Å². The minimum Gasteiger partial charge on any atom is -0.494 e. The zero-order valence-corrected chi connectivity index (χ0v) is 21.9. The number of anilines is 3. The van der Waals surface area contributed by atoms with Crippen LogP contribution in [-0.4, -0.2) is 36.9 Å². The molecule has 2 unspecified atom stereocenters. The second kappa shape index (κ2) is 10.1. The van der Waals surface area contributed by atoms with Crippen LogP contribution in [0, 0.1) is 13.8 Å². The molecular formula is C27H30N8O3. The number of benzene rings is 2. The summed E-state index contributed by atoms with van der Waals surface area (Å²) in [5.74, 6) is 1.62. The molecule has 0 bridgehead atoms. The van der Waals surface area contributed by atoms with E-state index in [4.69, 9.17) is 14.9 Å². The number of para-hydroxylation sites is 3. The van der Waals surface area contributed by atoms with Crippen LogP contribution in [0.5, 0.6) is 5.75 Å². The van der Waals surface area contributed by atoms with E-state index in [1.54, 1.807) is 7.11 Å². The lowest BCUT2D eigenvalue weighted by atomic mass is 10.1. The zero-order chi connectivity index (χ0) is 27.0. The zero-order valence-electron chi connectivity index (χ0n) is 21.9. The minimum atomic E-state index is -1.29. The molecule has 0 spiro atoms. The van der Waals surface area contributed by atoms with E-state index in [-0.39, 0.29) is 6.04 Å². The average Bonchev–Trinajstić information content (AvgIpc) is 3.43. The normalized spacial score (nSPS) is 12.9. The number of oxazole rings is 1. The van der Waals surface area contributed by atoms with Gasteiger partial charge in [-0.15, -0.1) is 0 Å². The fraction of sp³-hybridized carbons (Fsp3) is 0.259. The number of nitrogens with one attached hydrogen (secondary N) is 2. The standard InChI is InChI=1S/C27H30N8O3/c1-14(22-15(2)34-35(4)16(22)3)30-27-29-13-18(24(28)36)25(33-27)31-20-11-8-9-17(23(20)37-5)26-32-19-10-6-7-12-21(19)38-26/h6-14,24,36H,28H2,1-5H3,(H2,29,30,31,33). The number of aliphatic hydroxyl groups is 1. The predicted molar refractivity (Wildman–Crippen MR) is 145 cm³/mol. The highest BCUT2D eigenvalue weighted by Gasteiger charge is 2.21. The van der Waals surface area contributed by atoms with Gasteiger partial charge >= 0.3 is 0 Å². The minimum absolute atomic E-state index is 0.109. The number of rotatable bonds is 8. The van der Waals surface area contributed by atoms with Crippen LogP contribution >= 0.6 is 0 Å². The summed E-state index contributed by atoms with van der Waals surface area (Å²) < 4.78 is 13.6. The third-order valence-electron chi connectivity index (χ3n) is 6.48. The van der Waals surface area contributed by atoms with Gasteiger partial charge in [-0.25, -0.2) is 9.97 Å². The Hall–Kier alpha value is -4.48. The van der Waals surface area contributed by atoms with Crippen LogP contribution in [0.3, 0.4) is 0 Å². The molecule has 5 N–H and O–H groups in total. The molecular weight excluding hydrogens is 484 g/mol. The third-order valence-corrected chi connectivity index (χ3v) is 6.48. The number of nitrogens with two attached hydrogens (primary N) is 1. The Morgan fingerprint density at radius 3 is 2.58 bits per heavy atom. The van der Waals surface area contributed by atoms with Crippen molar-refractivity contribution in [3.63, 3.8) is 0 Å². The number of hydrogen-bond acceptors (Lipinski definition) is 10. The SMILES string of the molecule is COc1c(Nc2nc(NC(C)c3c(C)nn(C)c3C)ncc2C(N)O)cccc1-c1nc2ccccc2o1. The fourth-order valence-electron chi connectivity index (χ4n) is 4.60. The van der Waals surface area contributed by atoms with E-state index in [1.165, 1.54) is 6.20 Å². The van der Waals surface area contributed by atoms with Gasteiger partial charge in [0.15, 0.2) is 11.3 Å². The molecule has 38 heavy (non-hydrogen) atoms. The van der Waals surface area contributed by atoms with Gasteiger partial charge in [0.25, 0.3) is 0 Å². The van der Waals surface area contributed by atoms with E-state index in [0.717, 1.165) is 22.5 Å². The Morgan fingerprint density at radius 1 is 1.11 bits per heavy atom. The first-order valence-electron chi connectivity index (χ1n) is 12.1. The highest BCUT2D eigenvalue weighted by Crippen LogP contribution is 2.39. The van der Waals surface area contributed by atoms with Gasteiger partial charge in [0.1, 0.15) is 17.6 Å². The second-order valence-electron chi connectivity index (χ2n) is 9.01. The maximum atomic E-state index is 10.2. The van der Waals surface area contributed by atoms with Crippen LogP contribution in [0.25, 0.3) is 22.6 Å². The highest BCUT2D eigenvalue weighted by molar-refractivity contribution is 5.81. The van der Waals surface area contributed by atoms with Gasteiger partial charge in [-0.05, 0) is 45.0 Å². The van der Waals surface area contributed by atoms with Gasteiger partial charge in [0, 0.05) is 24.5 Å². The summed E-state index contributed by atoms with van der Waals surface area (Å²) in [6, 6.07) is 13.0. The van der Waals surface area contributed by atoms with Crippen LogP contribution in [0.4, 0.5) is 17.5 Å². The first kappa shape index (κ1) is 25.2. The molecule has 0 fully saturated rings. The Bertz CT molecular complexity index is 1570. The Kier molecular flexibility index (Phi) is 6.70. The van der Waals surface area contributed by atoms with E-state index < -0.39 is 6.23 Å². The summed E-state index contributed by atoms with van der Waals surface area (Å²) in [5.41, 5.74) is 11.9. The number of aryl methyl sites for hydroxylation is 2. The first-order valence-corrected chi connectivity index (χ1v) is 12.1. The molecule has 0 amide bonds. The molecule has 11 heteroatoms. The summed E-state index contributed by atoms with van der Waals surface area (Å²) in [7, 11) is 3.48.